The van der Waals surface area contributed by atoms with Gasteiger partial charge in [-0.3, -0.25) is 0 Å². The van der Waals surface area contributed by atoms with Crippen LogP contribution in [-0.4, -0.2) is 42.6 Å². The molecule has 12 heavy (non-hydrogen) atoms. The van der Waals surface area contributed by atoms with Gasteiger partial charge < -0.3 is 10.2 Å². The van der Waals surface area contributed by atoms with E-state index >= 15 is 0 Å². The van der Waals surface area contributed by atoms with Gasteiger partial charge in [-0.1, -0.05) is 0 Å². The minimum absolute atomic E-state index is 0.0637. The van der Waals surface area contributed by atoms with E-state index < -0.39 is 0 Å². The second kappa shape index (κ2) is 4.60. The molecule has 1 fully saturated rings. The third-order valence-electron chi connectivity index (χ3n) is 2.21. The fraction of sp³-hybridized carbons (Fsp3) is 0.875. The van der Waals surface area contributed by atoms with E-state index in [4.69, 9.17) is 0 Å². The lowest BCUT2D eigenvalue weighted by molar-refractivity contribution is 0.190. The molecule has 1 aliphatic heterocycles. The van der Waals surface area contributed by atoms with E-state index in [1.165, 1.54) is 6.42 Å². The van der Waals surface area contributed by atoms with E-state index in [1.807, 2.05) is 16.7 Å². The normalized spacial score (nSPS) is 23.8. The largest absolute Gasteiger partial charge is 0.341 e. The summed E-state index contributed by atoms with van der Waals surface area (Å²) in [6.45, 7) is 1.82. The van der Waals surface area contributed by atoms with Crippen LogP contribution in [0.2, 0.25) is 0 Å². The Morgan fingerprint density at radius 1 is 1.67 bits per heavy atom. The van der Waals surface area contributed by atoms with Gasteiger partial charge in [-0.2, -0.15) is 11.8 Å². The van der Waals surface area contributed by atoms with Crippen molar-refractivity contribution in [2.75, 3.05) is 26.4 Å². The van der Waals surface area contributed by atoms with E-state index in [-0.39, 0.29) is 6.03 Å². The van der Waals surface area contributed by atoms with E-state index in [2.05, 4.69) is 11.6 Å². The van der Waals surface area contributed by atoms with Crippen LogP contribution in [0.25, 0.3) is 0 Å². The molecule has 2 amide bonds. The van der Waals surface area contributed by atoms with Crippen LogP contribution in [0.1, 0.15) is 12.8 Å². The number of urea groups is 1. The Labute approximate surface area is 77.9 Å². The van der Waals surface area contributed by atoms with Gasteiger partial charge >= 0.3 is 6.03 Å². The topological polar surface area (TPSA) is 32.3 Å². The zero-order chi connectivity index (χ0) is 8.97. The molecule has 1 aliphatic rings. The fourth-order valence-electron chi connectivity index (χ4n) is 1.47. The van der Waals surface area contributed by atoms with Crippen molar-refractivity contribution >= 4 is 17.8 Å². The Morgan fingerprint density at radius 2 is 2.42 bits per heavy atom. The molecular formula is C8H16N2OS. The number of carbonyl (C=O) groups is 1. The lowest BCUT2D eigenvalue weighted by atomic mass is 10.1. The summed E-state index contributed by atoms with van der Waals surface area (Å²) >= 11 is 1.86. The molecule has 0 radical (unpaired) electrons. The van der Waals surface area contributed by atoms with Crippen molar-refractivity contribution in [1.82, 2.24) is 10.2 Å². The summed E-state index contributed by atoms with van der Waals surface area (Å²) in [5, 5.41) is 3.29. The highest BCUT2D eigenvalue weighted by atomic mass is 32.2. The maximum Gasteiger partial charge on any atom is 0.317 e. The predicted octanol–water partition coefficient (Wildman–Crippen LogP) is 1.15. The monoisotopic (exact) mass is 188 g/mol. The van der Waals surface area contributed by atoms with Gasteiger partial charge in [0.05, 0.1) is 0 Å². The first kappa shape index (κ1) is 9.71. The first-order valence-corrected chi connectivity index (χ1v) is 5.56. The van der Waals surface area contributed by atoms with Gasteiger partial charge in [0.25, 0.3) is 0 Å². The fourth-order valence-corrected chi connectivity index (χ4v) is 2.20. The van der Waals surface area contributed by atoms with Crippen molar-refractivity contribution in [2.45, 2.75) is 18.1 Å². The smallest absolute Gasteiger partial charge is 0.317 e. The standard InChI is InChI=1S/C8H16N2OS/c1-9-8(11)10-5-3-4-7(6-10)12-2/h7H,3-6H2,1-2H3,(H,9,11). The highest BCUT2D eigenvalue weighted by Gasteiger charge is 2.21. The highest BCUT2D eigenvalue weighted by Crippen LogP contribution is 2.19. The molecule has 1 heterocycles. The van der Waals surface area contributed by atoms with Gasteiger partial charge in [-0.05, 0) is 19.1 Å². The summed E-state index contributed by atoms with van der Waals surface area (Å²) in [6, 6.07) is 0.0637. The Kier molecular flexibility index (Phi) is 3.72. The summed E-state index contributed by atoms with van der Waals surface area (Å²) in [6.07, 6.45) is 4.49. The number of nitrogens with zero attached hydrogens (tertiary/aromatic N) is 1. The van der Waals surface area contributed by atoms with Crippen molar-refractivity contribution in [3.63, 3.8) is 0 Å². The molecule has 1 N–H and O–H groups in total. The van der Waals surface area contributed by atoms with Crippen LogP contribution in [0.3, 0.4) is 0 Å². The Hall–Kier alpha value is -0.380. The quantitative estimate of drug-likeness (QED) is 0.669. The molecule has 1 rings (SSSR count). The average molecular weight is 188 g/mol. The molecule has 0 aromatic carbocycles. The Balaban J connectivity index is 2.40. The molecule has 1 saturated heterocycles. The summed E-state index contributed by atoms with van der Waals surface area (Å²) in [5.41, 5.74) is 0. The zero-order valence-electron chi connectivity index (χ0n) is 7.67. The number of thioether (sulfide) groups is 1. The van der Waals surface area contributed by atoms with Crippen molar-refractivity contribution in [3.05, 3.63) is 0 Å². The van der Waals surface area contributed by atoms with Gasteiger partial charge in [0.1, 0.15) is 0 Å². The van der Waals surface area contributed by atoms with Gasteiger partial charge in [0, 0.05) is 25.4 Å². The van der Waals surface area contributed by atoms with Crippen LogP contribution in [0.5, 0.6) is 0 Å². The number of nitrogens with one attached hydrogen (secondary N) is 1. The molecule has 0 aromatic heterocycles. The lowest BCUT2D eigenvalue weighted by Gasteiger charge is -2.31. The number of rotatable bonds is 1. The molecule has 0 spiro atoms. The second-order valence-corrected chi connectivity index (χ2v) is 4.14. The third kappa shape index (κ3) is 2.30. The van der Waals surface area contributed by atoms with Gasteiger partial charge in [-0.15, -0.1) is 0 Å². The molecule has 70 valence electrons. The lowest BCUT2D eigenvalue weighted by Crippen LogP contribution is -2.45. The molecule has 1 unspecified atom stereocenters. The van der Waals surface area contributed by atoms with E-state index in [9.17, 15) is 4.79 Å². The number of hydrogen-bond donors (Lipinski definition) is 1. The van der Waals surface area contributed by atoms with E-state index in [0.717, 1.165) is 19.5 Å². The van der Waals surface area contributed by atoms with Gasteiger partial charge in [0.2, 0.25) is 0 Å². The first-order valence-electron chi connectivity index (χ1n) is 4.27. The number of piperidine rings is 1. The average Bonchev–Trinajstić information content (AvgIpc) is 2.17. The van der Waals surface area contributed by atoms with Crippen molar-refractivity contribution in [1.29, 1.82) is 0 Å². The first-order chi connectivity index (χ1) is 5.77. The highest BCUT2D eigenvalue weighted by molar-refractivity contribution is 7.99. The van der Waals surface area contributed by atoms with Crippen LogP contribution in [0, 0.1) is 0 Å². The Bertz CT molecular complexity index is 163. The molecule has 4 heteroatoms. The molecule has 0 aliphatic carbocycles. The number of amides is 2. The summed E-state index contributed by atoms with van der Waals surface area (Å²) < 4.78 is 0. The predicted molar refractivity (Wildman–Crippen MR) is 52.6 cm³/mol. The number of carbonyl (C=O) groups excluding carboxylic acids is 1. The van der Waals surface area contributed by atoms with Crippen molar-refractivity contribution < 1.29 is 4.79 Å². The van der Waals surface area contributed by atoms with Gasteiger partial charge in [0.15, 0.2) is 0 Å². The molecular weight excluding hydrogens is 172 g/mol. The molecule has 0 aromatic rings. The van der Waals surface area contributed by atoms with Gasteiger partial charge in [-0.25, -0.2) is 4.79 Å². The van der Waals surface area contributed by atoms with Crippen LogP contribution in [-0.2, 0) is 0 Å². The maximum absolute atomic E-state index is 11.2. The summed E-state index contributed by atoms with van der Waals surface area (Å²) in [5.74, 6) is 0. The third-order valence-corrected chi connectivity index (χ3v) is 3.26. The maximum atomic E-state index is 11.2. The van der Waals surface area contributed by atoms with Crippen LogP contribution in [0.15, 0.2) is 0 Å². The van der Waals surface area contributed by atoms with E-state index in [1.54, 1.807) is 7.05 Å². The molecule has 0 bridgehead atoms. The summed E-state index contributed by atoms with van der Waals surface area (Å²) in [4.78, 5) is 13.1. The van der Waals surface area contributed by atoms with Crippen LogP contribution < -0.4 is 5.32 Å². The van der Waals surface area contributed by atoms with Crippen molar-refractivity contribution in [3.8, 4) is 0 Å². The van der Waals surface area contributed by atoms with E-state index in [0.29, 0.717) is 5.25 Å². The SMILES string of the molecule is CNC(=O)N1CCCC(SC)C1. The summed E-state index contributed by atoms with van der Waals surface area (Å²) in [7, 11) is 1.69. The second-order valence-electron chi connectivity index (χ2n) is 3.00. The zero-order valence-corrected chi connectivity index (χ0v) is 8.49. The molecule has 0 saturated carbocycles. The number of hydrogen-bond acceptors (Lipinski definition) is 2. The minimum atomic E-state index is 0.0637. The van der Waals surface area contributed by atoms with Crippen LogP contribution >= 0.6 is 11.8 Å². The molecule has 3 nitrogen and oxygen atoms in total. The van der Waals surface area contributed by atoms with Crippen LogP contribution in [0.4, 0.5) is 4.79 Å². The minimum Gasteiger partial charge on any atom is -0.341 e. The number of likely N-dealkylation sites (tertiary alicyclic amines) is 1. The molecule has 1 atom stereocenters. The van der Waals surface area contributed by atoms with Crippen molar-refractivity contribution in [2.24, 2.45) is 0 Å². The Morgan fingerprint density at radius 3 is 3.00 bits per heavy atom.